The van der Waals surface area contributed by atoms with Crippen molar-refractivity contribution in [2.75, 3.05) is 31.3 Å². The second-order valence-corrected chi connectivity index (χ2v) is 8.87. The predicted molar refractivity (Wildman–Crippen MR) is 95.2 cm³/mol. The second kappa shape index (κ2) is 7.88. The summed E-state index contributed by atoms with van der Waals surface area (Å²) < 4.78 is 29.8. The largest absolute Gasteiger partial charge is 0.495 e. The van der Waals surface area contributed by atoms with Crippen LogP contribution in [0.3, 0.4) is 0 Å². The number of nitrogens with one attached hydrogen (secondary N) is 1. The van der Waals surface area contributed by atoms with E-state index in [9.17, 15) is 13.2 Å². The van der Waals surface area contributed by atoms with Gasteiger partial charge in [0, 0.05) is 13.1 Å². The predicted octanol–water partition coefficient (Wildman–Crippen LogP) is 2.76. The molecule has 1 aliphatic heterocycles. The number of anilines is 1. The number of benzene rings is 1. The number of hydrogen-bond acceptors (Lipinski definition) is 4. The first kappa shape index (κ1) is 18.6. The van der Waals surface area contributed by atoms with Crippen LogP contribution in [-0.4, -0.2) is 50.6 Å². The van der Waals surface area contributed by atoms with Crippen LogP contribution in [0.5, 0.6) is 5.75 Å². The lowest BCUT2D eigenvalue weighted by Gasteiger charge is -2.32. The van der Waals surface area contributed by atoms with Gasteiger partial charge in [-0.15, -0.1) is 0 Å². The van der Waals surface area contributed by atoms with E-state index in [1.165, 1.54) is 0 Å². The third kappa shape index (κ3) is 4.63. The van der Waals surface area contributed by atoms with E-state index in [1.54, 1.807) is 24.1 Å². The molecule has 0 unspecified atom stereocenters. The van der Waals surface area contributed by atoms with Gasteiger partial charge in [-0.1, -0.05) is 26.0 Å². The van der Waals surface area contributed by atoms with E-state index in [4.69, 9.17) is 4.74 Å². The molecule has 2 amide bonds. The molecule has 0 aliphatic carbocycles. The molecule has 1 aromatic carbocycles. The van der Waals surface area contributed by atoms with Crippen molar-refractivity contribution in [2.24, 2.45) is 5.92 Å². The minimum atomic E-state index is -3.08. The minimum Gasteiger partial charge on any atom is -0.495 e. The third-order valence-corrected chi connectivity index (χ3v) is 6.77. The maximum atomic E-state index is 12.4. The van der Waals surface area contributed by atoms with Crippen LogP contribution in [0.25, 0.3) is 0 Å². The molecule has 6 nitrogen and oxygen atoms in total. The van der Waals surface area contributed by atoms with Gasteiger partial charge in [0.25, 0.3) is 0 Å². The zero-order valence-electron chi connectivity index (χ0n) is 14.5. The Kier molecular flexibility index (Phi) is 6.10. The minimum absolute atomic E-state index is 0.127. The zero-order chi connectivity index (χ0) is 17.7. The van der Waals surface area contributed by atoms with E-state index < -0.39 is 9.84 Å². The molecular weight excluding hydrogens is 328 g/mol. The Morgan fingerprint density at radius 1 is 1.29 bits per heavy atom. The number of ether oxygens (including phenoxy) is 1. The fraction of sp³-hybridized carbons (Fsp3) is 0.588. The molecule has 1 heterocycles. The molecule has 1 aromatic rings. The topological polar surface area (TPSA) is 75.7 Å². The Bertz CT molecular complexity index is 665. The number of rotatable bonds is 5. The molecular formula is C17H26N2O4S. The SMILES string of the molecule is COc1ccccc1NC(=O)N1CCC(S(=O)(=O)CC(C)C)CC1. The Labute approximate surface area is 144 Å². The lowest BCUT2D eigenvalue weighted by molar-refractivity contribution is 0.200. The lowest BCUT2D eigenvalue weighted by atomic mass is 10.1. The quantitative estimate of drug-likeness (QED) is 0.882. The van der Waals surface area contributed by atoms with Crippen molar-refractivity contribution >= 4 is 21.6 Å². The second-order valence-electron chi connectivity index (χ2n) is 6.54. The van der Waals surface area contributed by atoms with Gasteiger partial charge in [0.2, 0.25) is 0 Å². The molecule has 1 fully saturated rings. The average Bonchev–Trinajstić information content (AvgIpc) is 2.54. The first-order valence-electron chi connectivity index (χ1n) is 8.24. The van der Waals surface area contributed by atoms with Crippen LogP contribution in [0.4, 0.5) is 10.5 Å². The summed E-state index contributed by atoms with van der Waals surface area (Å²) in [4.78, 5) is 14.0. The molecule has 0 spiro atoms. The van der Waals surface area contributed by atoms with Crippen molar-refractivity contribution in [1.82, 2.24) is 4.90 Å². The molecule has 0 aromatic heterocycles. The van der Waals surface area contributed by atoms with E-state index in [0.29, 0.717) is 37.4 Å². The highest BCUT2D eigenvalue weighted by Crippen LogP contribution is 2.25. The van der Waals surface area contributed by atoms with Gasteiger partial charge in [-0.3, -0.25) is 0 Å². The Morgan fingerprint density at radius 2 is 1.92 bits per heavy atom. The zero-order valence-corrected chi connectivity index (χ0v) is 15.3. The van der Waals surface area contributed by atoms with Gasteiger partial charge >= 0.3 is 6.03 Å². The van der Waals surface area contributed by atoms with Gasteiger partial charge in [0.05, 0.1) is 23.8 Å². The number of urea groups is 1. The van der Waals surface area contributed by atoms with E-state index in [1.807, 2.05) is 26.0 Å². The molecule has 1 saturated heterocycles. The normalized spacial score (nSPS) is 16.2. The molecule has 7 heteroatoms. The maximum absolute atomic E-state index is 12.4. The van der Waals surface area contributed by atoms with Gasteiger partial charge in [-0.2, -0.15) is 0 Å². The van der Waals surface area contributed by atoms with Crippen molar-refractivity contribution < 1.29 is 17.9 Å². The lowest BCUT2D eigenvalue weighted by Crippen LogP contribution is -2.45. The van der Waals surface area contributed by atoms with Crippen molar-refractivity contribution in [3.05, 3.63) is 24.3 Å². The molecule has 134 valence electrons. The number of sulfone groups is 1. The van der Waals surface area contributed by atoms with E-state index in [-0.39, 0.29) is 23.0 Å². The molecule has 1 N–H and O–H groups in total. The number of piperidine rings is 1. The fourth-order valence-corrected chi connectivity index (χ4v) is 5.09. The van der Waals surface area contributed by atoms with E-state index in [0.717, 1.165) is 0 Å². The molecule has 0 radical (unpaired) electrons. The number of methoxy groups -OCH3 is 1. The molecule has 1 aliphatic rings. The summed E-state index contributed by atoms with van der Waals surface area (Å²) in [6, 6.07) is 6.98. The monoisotopic (exact) mass is 354 g/mol. The van der Waals surface area contributed by atoms with Crippen LogP contribution in [0.15, 0.2) is 24.3 Å². The van der Waals surface area contributed by atoms with E-state index >= 15 is 0 Å². The number of nitrogens with zero attached hydrogens (tertiary/aromatic N) is 1. The van der Waals surface area contributed by atoms with E-state index in [2.05, 4.69) is 5.32 Å². The van der Waals surface area contributed by atoms with Crippen molar-refractivity contribution in [1.29, 1.82) is 0 Å². The third-order valence-electron chi connectivity index (χ3n) is 4.15. The summed E-state index contributed by atoms with van der Waals surface area (Å²) in [7, 11) is -1.53. The Balaban J connectivity index is 1.93. The van der Waals surface area contributed by atoms with Gasteiger partial charge in [-0.25, -0.2) is 13.2 Å². The van der Waals surface area contributed by atoms with Crippen LogP contribution in [-0.2, 0) is 9.84 Å². The van der Waals surface area contributed by atoms with Crippen molar-refractivity contribution in [2.45, 2.75) is 31.9 Å². The standard InChI is InChI=1S/C17H26N2O4S/c1-13(2)12-24(21,22)14-8-10-19(11-9-14)17(20)18-15-6-4-5-7-16(15)23-3/h4-7,13-14H,8-12H2,1-3H3,(H,18,20). The maximum Gasteiger partial charge on any atom is 0.321 e. The highest BCUT2D eigenvalue weighted by Gasteiger charge is 2.32. The van der Waals surface area contributed by atoms with Crippen LogP contribution < -0.4 is 10.1 Å². The molecule has 2 rings (SSSR count). The molecule has 0 bridgehead atoms. The first-order chi connectivity index (χ1) is 11.3. The van der Waals surface area contributed by atoms with Gasteiger partial charge in [0.1, 0.15) is 5.75 Å². The number of para-hydroxylation sites is 2. The average molecular weight is 354 g/mol. The number of carbonyl (C=O) groups is 1. The summed E-state index contributed by atoms with van der Waals surface area (Å²) >= 11 is 0. The molecule has 0 saturated carbocycles. The number of carbonyl (C=O) groups excluding carboxylic acids is 1. The fourth-order valence-electron chi connectivity index (χ4n) is 2.96. The number of hydrogen-bond donors (Lipinski definition) is 1. The van der Waals surface area contributed by atoms with Crippen LogP contribution in [0.1, 0.15) is 26.7 Å². The highest BCUT2D eigenvalue weighted by molar-refractivity contribution is 7.92. The van der Waals surface area contributed by atoms with Crippen LogP contribution >= 0.6 is 0 Å². The van der Waals surface area contributed by atoms with Crippen molar-refractivity contribution in [3.63, 3.8) is 0 Å². The summed E-state index contributed by atoms with van der Waals surface area (Å²) in [5.74, 6) is 0.938. The Hall–Kier alpha value is -1.76. The van der Waals surface area contributed by atoms with Gasteiger partial charge < -0.3 is 15.0 Å². The van der Waals surface area contributed by atoms with Crippen LogP contribution in [0, 0.1) is 5.92 Å². The summed E-state index contributed by atoms with van der Waals surface area (Å²) in [6.45, 7) is 4.71. The molecule has 0 atom stereocenters. The van der Waals surface area contributed by atoms with Crippen molar-refractivity contribution in [3.8, 4) is 5.75 Å². The molecule has 24 heavy (non-hydrogen) atoms. The Morgan fingerprint density at radius 3 is 2.50 bits per heavy atom. The summed E-state index contributed by atoms with van der Waals surface area (Å²) in [6.07, 6.45) is 0.989. The number of likely N-dealkylation sites (tertiary alicyclic amines) is 1. The van der Waals surface area contributed by atoms with Gasteiger partial charge in [0.15, 0.2) is 9.84 Å². The highest BCUT2D eigenvalue weighted by atomic mass is 32.2. The number of amides is 2. The summed E-state index contributed by atoms with van der Waals surface area (Å²) in [5.41, 5.74) is 0.611. The summed E-state index contributed by atoms with van der Waals surface area (Å²) in [5, 5.41) is 2.49. The van der Waals surface area contributed by atoms with Crippen LogP contribution in [0.2, 0.25) is 0 Å². The van der Waals surface area contributed by atoms with Gasteiger partial charge in [-0.05, 0) is 30.9 Å². The smallest absolute Gasteiger partial charge is 0.321 e. The first-order valence-corrected chi connectivity index (χ1v) is 9.95.